The molecule has 28 heavy (non-hydrogen) atoms. The molecule has 7 heteroatoms. The first-order valence-corrected chi connectivity index (χ1v) is 9.17. The predicted octanol–water partition coefficient (Wildman–Crippen LogP) is 2.30. The van der Waals surface area contributed by atoms with E-state index in [2.05, 4.69) is 0 Å². The maximum Gasteiger partial charge on any atom is 0.160 e. The van der Waals surface area contributed by atoms with Gasteiger partial charge in [0, 0.05) is 6.42 Å². The van der Waals surface area contributed by atoms with E-state index in [0.29, 0.717) is 30.6 Å². The number of rotatable bonds is 6. The summed E-state index contributed by atoms with van der Waals surface area (Å²) in [4.78, 5) is 0. The van der Waals surface area contributed by atoms with Gasteiger partial charge in [-0.3, -0.25) is 0 Å². The fourth-order valence-corrected chi connectivity index (χ4v) is 3.49. The summed E-state index contributed by atoms with van der Waals surface area (Å²) in [7, 11) is 2.94. The van der Waals surface area contributed by atoms with Crippen LogP contribution in [0.4, 0.5) is 0 Å². The van der Waals surface area contributed by atoms with Gasteiger partial charge in [0.25, 0.3) is 0 Å². The highest BCUT2D eigenvalue weighted by Crippen LogP contribution is 2.37. The highest BCUT2D eigenvalue weighted by molar-refractivity contribution is 5.43. The number of ether oxygens (including phenoxy) is 3. The Balaban J connectivity index is 1.71. The van der Waals surface area contributed by atoms with Gasteiger partial charge >= 0.3 is 0 Å². The molecule has 7 nitrogen and oxygen atoms in total. The number of aliphatic hydroxyl groups excluding tert-OH is 2. The van der Waals surface area contributed by atoms with Gasteiger partial charge in [-0.05, 0) is 48.2 Å². The van der Waals surface area contributed by atoms with Crippen LogP contribution < -0.4 is 9.47 Å². The molecule has 0 aliphatic carbocycles. The summed E-state index contributed by atoms with van der Waals surface area (Å²) < 4.78 is 16.3. The molecule has 1 fully saturated rings. The lowest BCUT2D eigenvalue weighted by Gasteiger charge is -2.37. The van der Waals surface area contributed by atoms with Gasteiger partial charge in [0.2, 0.25) is 0 Å². The summed E-state index contributed by atoms with van der Waals surface area (Å²) in [6.45, 7) is 0. The Morgan fingerprint density at radius 2 is 1.61 bits per heavy atom. The van der Waals surface area contributed by atoms with Crippen LogP contribution in [0.25, 0.3) is 0 Å². The maximum absolute atomic E-state index is 10.4. The second-order valence-corrected chi connectivity index (χ2v) is 6.95. The van der Waals surface area contributed by atoms with E-state index in [4.69, 9.17) is 14.2 Å². The molecule has 1 aliphatic heterocycles. The van der Waals surface area contributed by atoms with Gasteiger partial charge in [-0.25, -0.2) is 0 Å². The molecule has 1 heterocycles. The molecule has 2 aromatic carbocycles. The Morgan fingerprint density at radius 1 is 0.964 bits per heavy atom. The number of hydrogen-bond donors (Lipinski definition) is 4. The molecule has 0 amide bonds. The molecule has 3 rings (SSSR count). The van der Waals surface area contributed by atoms with Crippen molar-refractivity contribution >= 4 is 0 Å². The first kappa shape index (κ1) is 20.3. The average molecular weight is 390 g/mol. The Labute approximate surface area is 163 Å². The van der Waals surface area contributed by atoms with E-state index >= 15 is 0 Å². The molecule has 4 atom stereocenters. The standard InChI is InChI=1S/C21H26O7/c1-26-18-9-12(4-7-15(18)22)3-6-14-11-17(24)20(25)21(28-14)13-5-8-16(23)19(10-13)27-2/h4-5,7-10,14,17,20-25H,3,6,11H2,1-2H3/t14-,17-,20+,21+/m0/s1. The quantitative estimate of drug-likeness (QED) is 0.599. The molecule has 1 saturated heterocycles. The fraction of sp³-hybridized carbons (Fsp3) is 0.429. The lowest BCUT2D eigenvalue weighted by Crippen LogP contribution is -2.43. The monoisotopic (exact) mass is 390 g/mol. The molecule has 2 aromatic rings. The molecule has 152 valence electrons. The third-order valence-corrected chi connectivity index (χ3v) is 5.08. The summed E-state index contributed by atoms with van der Waals surface area (Å²) in [5.41, 5.74) is 1.60. The number of aromatic hydroxyl groups is 2. The van der Waals surface area contributed by atoms with Gasteiger partial charge in [-0.1, -0.05) is 12.1 Å². The van der Waals surface area contributed by atoms with Crippen molar-refractivity contribution in [1.29, 1.82) is 0 Å². The Bertz CT molecular complexity index is 807. The van der Waals surface area contributed by atoms with Crippen molar-refractivity contribution < 1.29 is 34.6 Å². The van der Waals surface area contributed by atoms with Crippen LogP contribution in [-0.4, -0.2) is 53.0 Å². The largest absolute Gasteiger partial charge is 0.504 e. The molecule has 0 radical (unpaired) electrons. The summed E-state index contributed by atoms with van der Waals surface area (Å²) in [6.07, 6.45) is -1.36. The number of benzene rings is 2. The number of aryl methyl sites for hydroxylation is 1. The average Bonchev–Trinajstić information content (AvgIpc) is 2.70. The van der Waals surface area contributed by atoms with Crippen LogP contribution in [0, 0.1) is 0 Å². The molecular formula is C21H26O7. The highest BCUT2D eigenvalue weighted by Gasteiger charge is 2.37. The third-order valence-electron chi connectivity index (χ3n) is 5.08. The molecule has 0 unspecified atom stereocenters. The lowest BCUT2D eigenvalue weighted by atomic mass is 9.91. The molecule has 4 N–H and O–H groups in total. The number of aliphatic hydroxyl groups is 2. The Kier molecular flexibility index (Phi) is 6.28. The Hall–Kier alpha value is -2.48. The van der Waals surface area contributed by atoms with E-state index in [1.807, 2.05) is 6.07 Å². The second-order valence-electron chi connectivity index (χ2n) is 6.95. The minimum atomic E-state index is -1.07. The van der Waals surface area contributed by atoms with Crippen LogP contribution >= 0.6 is 0 Å². The minimum Gasteiger partial charge on any atom is -0.504 e. The van der Waals surface area contributed by atoms with E-state index in [-0.39, 0.29) is 23.4 Å². The van der Waals surface area contributed by atoms with Crippen LogP contribution in [0.1, 0.15) is 30.1 Å². The number of methoxy groups -OCH3 is 2. The van der Waals surface area contributed by atoms with Crippen molar-refractivity contribution in [3.8, 4) is 23.0 Å². The van der Waals surface area contributed by atoms with Crippen molar-refractivity contribution in [1.82, 2.24) is 0 Å². The first-order valence-electron chi connectivity index (χ1n) is 9.17. The van der Waals surface area contributed by atoms with E-state index in [0.717, 1.165) is 5.56 Å². The zero-order valence-electron chi connectivity index (χ0n) is 15.9. The molecule has 0 aromatic heterocycles. The van der Waals surface area contributed by atoms with Crippen molar-refractivity contribution in [2.24, 2.45) is 0 Å². The zero-order valence-corrected chi connectivity index (χ0v) is 15.9. The van der Waals surface area contributed by atoms with Crippen LogP contribution in [0.15, 0.2) is 36.4 Å². The SMILES string of the molecule is COc1cc(CC[C@H]2C[C@H](O)[C@@H](O)[C@@H](c3ccc(O)c(OC)c3)O2)ccc1O. The molecule has 1 aliphatic rings. The number of phenols is 2. The molecule has 0 bridgehead atoms. The Morgan fingerprint density at radius 3 is 2.29 bits per heavy atom. The third kappa shape index (κ3) is 4.32. The summed E-state index contributed by atoms with van der Waals surface area (Å²) >= 11 is 0. The normalized spacial score (nSPS) is 24.7. The van der Waals surface area contributed by atoms with Crippen LogP contribution in [0.3, 0.4) is 0 Å². The van der Waals surface area contributed by atoms with Gasteiger partial charge in [-0.2, -0.15) is 0 Å². The fourth-order valence-electron chi connectivity index (χ4n) is 3.49. The van der Waals surface area contributed by atoms with Crippen LogP contribution in [-0.2, 0) is 11.2 Å². The van der Waals surface area contributed by atoms with Crippen molar-refractivity contribution in [3.05, 3.63) is 47.5 Å². The predicted molar refractivity (Wildman–Crippen MR) is 102 cm³/mol. The topological polar surface area (TPSA) is 109 Å². The van der Waals surface area contributed by atoms with Gasteiger partial charge < -0.3 is 34.6 Å². The first-order chi connectivity index (χ1) is 13.4. The second kappa shape index (κ2) is 8.68. The highest BCUT2D eigenvalue weighted by atomic mass is 16.5. The molecule has 0 saturated carbocycles. The van der Waals surface area contributed by atoms with E-state index in [1.54, 1.807) is 24.3 Å². The van der Waals surface area contributed by atoms with E-state index in [1.165, 1.54) is 20.3 Å². The smallest absolute Gasteiger partial charge is 0.160 e. The van der Waals surface area contributed by atoms with Gasteiger partial charge in [-0.15, -0.1) is 0 Å². The van der Waals surface area contributed by atoms with Gasteiger partial charge in [0.15, 0.2) is 23.0 Å². The number of phenolic OH excluding ortho intramolecular Hbond substituents is 2. The molecule has 0 spiro atoms. The van der Waals surface area contributed by atoms with Crippen LogP contribution in [0.2, 0.25) is 0 Å². The summed E-state index contributed by atoms with van der Waals surface area (Å²) in [5.74, 6) is 0.766. The maximum atomic E-state index is 10.4. The van der Waals surface area contributed by atoms with Gasteiger partial charge in [0.05, 0.1) is 26.4 Å². The summed E-state index contributed by atoms with van der Waals surface area (Å²) in [5, 5.41) is 40.2. The van der Waals surface area contributed by atoms with Crippen molar-refractivity contribution in [2.45, 2.75) is 43.7 Å². The summed E-state index contributed by atoms with van der Waals surface area (Å²) in [6, 6.07) is 9.89. The van der Waals surface area contributed by atoms with Crippen molar-refractivity contribution in [3.63, 3.8) is 0 Å². The lowest BCUT2D eigenvalue weighted by molar-refractivity contribution is -0.172. The molecular weight excluding hydrogens is 364 g/mol. The van der Waals surface area contributed by atoms with Crippen LogP contribution in [0.5, 0.6) is 23.0 Å². The van der Waals surface area contributed by atoms with Gasteiger partial charge in [0.1, 0.15) is 12.2 Å². The number of hydrogen-bond acceptors (Lipinski definition) is 7. The minimum absolute atomic E-state index is 0.00470. The van der Waals surface area contributed by atoms with E-state index < -0.39 is 18.3 Å². The van der Waals surface area contributed by atoms with Crippen molar-refractivity contribution in [2.75, 3.05) is 14.2 Å². The zero-order chi connectivity index (χ0) is 20.3. The van der Waals surface area contributed by atoms with E-state index in [9.17, 15) is 20.4 Å².